The molecule has 1 aliphatic rings. The van der Waals surface area contributed by atoms with Gasteiger partial charge in [0, 0.05) is 49.0 Å². The summed E-state index contributed by atoms with van der Waals surface area (Å²) in [4.78, 5) is 17.0. The smallest absolute Gasteiger partial charge is 0.233 e. The van der Waals surface area contributed by atoms with Crippen molar-refractivity contribution in [3.63, 3.8) is 0 Å². The maximum Gasteiger partial charge on any atom is 0.233 e. The van der Waals surface area contributed by atoms with E-state index in [-0.39, 0.29) is 5.91 Å². The van der Waals surface area contributed by atoms with E-state index in [2.05, 4.69) is 34.2 Å². The van der Waals surface area contributed by atoms with Crippen molar-refractivity contribution >= 4 is 35.0 Å². The summed E-state index contributed by atoms with van der Waals surface area (Å²) >= 11 is 7.44. The van der Waals surface area contributed by atoms with Gasteiger partial charge in [-0.15, -0.1) is 10.2 Å². The number of piperazine rings is 1. The number of anilines is 1. The number of benzene rings is 2. The van der Waals surface area contributed by atoms with E-state index >= 15 is 0 Å². The number of thioether (sulfide) groups is 1. The minimum absolute atomic E-state index is 0.145. The van der Waals surface area contributed by atoms with Gasteiger partial charge in [0.15, 0.2) is 11.0 Å². The van der Waals surface area contributed by atoms with Crippen LogP contribution in [0.3, 0.4) is 0 Å². The fourth-order valence-corrected chi connectivity index (χ4v) is 4.59. The Morgan fingerprint density at radius 3 is 2.37 bits per heavy atom. The van der Waals surface area contributed by atoms with E-state index in [0.29, 0.717) is 10.8 Å². The highest BCUT2D eigenvalue weighted by Crippen LogP contribution is 2.25. The summed E-state index contributed by atoms with van der Waals surface area (Å²) in [5, 5.41) is 10.1. The number of carbonyl (C=O) groups is 1. The summed E-state index contributed by atoms with van der Waals surface area (Å²) in [5.41, 5.74) is 2.17. The van der Waals surface area contributed by atoms with Gasteiger partial charge in [0.1, 0.15) is 0 Å². The third-order valence-electron chi connectivity index (χ3n) is 5.21. The van der Waals surface area contributed by atoms with Gasteiger partial charge in [-0.2, -0.15) is 0 Å². The summed E-state index contributed by atoms with van der Waals surface area (Å²) in [6.45, 7) is 5.98. The Balaban J connectivity index is 1.35. The van der Waals surface area contributed by atoms with Gasteiger partial charge in [-0.3, -0.25) is 4.79 Å². The fraction of sp³-hybridized carbons (Fsp3) is 0.318. The number of hydrogen-bond acceptors (Lipinski definition) is 5. The molecule has 0 saturated carbocycles. The molecule has 2 heterocycles. The van der Waals surface area contributed by atoms with Crippen molar-refractivity contribution < 1.29 is 4.79 Å². The maximum absolute atomic E-state index is 12.7. The van der Waals surface area contributed by atoms with Crippen molar-refractivity contribution in [3.05, 3.63) is 59.6 Å². The highest BCUT2D eigenvalue weighted by Gasteiger charge is 2.22. The van der Waals surface area contributed by atoms with Gasteiger partial charge in [-0.25, -0.2) is 0 Å². The van der Waals surface area contributed by atoms with E-state index in [1.807, 2.05) is 51.9 Å². The molecule has 0 atom stereocenters. The Hall–Kier alpha value is -2.51. The lowest BCUT2D eigenvalue weighted by Gasteiger charge is -2.36. The standard InChI is InChI=1S/C22H24ClN5OS/c1-2-28-21(17-8-10-18(23)11-9-17)24-25-22(28)30-16-20(29)27-14-12-26(13-15-27)19-6-4-3-5-7-19/h3-11H,2,12-16H2,1H3. The van der Waals surface area contributed by atoms with Crippen LogP contribution in [0.15, 0.2) is 59.8 Å². The SMILES string of the molecule is CCn1c(SCC(=O)N2CCN(c3ccccc3)CC2)nnc1-c1ccc(Cl)cc1. The molecule has 3 aromatic rings. The van der Waals surface area contributed by atoms with Gasteiger partial charge in [0.05, 0.1) is 5.75 Å². The van der Waals surface area contributed by atoms with Crippen LogP contribution in [-0.2, 0) is 11.3 Å². The third-order valence-corrected chi connectivity index (χ3v) is 6.42. The Morgan fingerprint density at radius 2 is 1.70 bits per heavy atom. The molecule has 1 aromatic heterocycles. The van der Waals surface area contributed by atoms with Crippen LogP contribution in [0.2, 0.25) is 5.02 Å². The molecule has 2 aromatic carbocycles. The zero-order valence-corrected chi connectivity index (χ0v) is 18.4. The van der Waals surface area contributed by atoms with Crippen LogP contribution >= 0.6 is 23.4 Å². The van der Waals surface area contributed by atoms with Crippen molar-refractivity contribution in [3.8, 4) is 11.4 Å². The molecule has 1 aliphatic heterocycles. The lowest BCUT2D eigenvalue weighted by Crippen LogP contribution is -2.49. The topological polar surface area (TPSA) is 54.3 Å². The molecular weight excluding hydrogens is 418 g/mol. The minimum atomic E-state index is 0.145. The molecule has 156 valence electrons. The van der Waals surface area contributed by atoms with Crippen molar-refractivity contribution in [2.75, 3.05) is 36.8 Å². The van der Waals surface area contributed by atoms with Crippen LogP contribution in [0.25, 0.3) is 11.4 Å². The third kappa shape index (κ3) is 4.63. The van der Waals surface area contributed by atoms with E-state index in [9.17, 15) is 4.79 Å². The first-order valence-corrected chi connectivity index (χ1v) is 11.4. The molecule has 0 unspecified atom stereocenters. The molecule has 0 aliphatic carbocycles. The Labute approximate surface area is 185 Å². The van der Waals surface area contributed by atoms with E-state index in [1.54, 1.807) is 0 Å². The van der Waals surface area contributed by atoms with Gasteiger partial charge in [-0.1, -0.05) is 41.6 Å². The van der Waals surface area contributed by atoms with Gasteiger partial charge < -0.3 is 14.4 Å². The zero-order valence-electron chi connectivity index (χ0n) is 16.9. The highest BCUT2D eigenvalue weighted by atomic mass is 35.5. The van der Waals surface area contributed by atoms with E-state index in [4.69, 9.17) is 11.6 Å². The molecule has 0 radical (unpaired) electrons. The summed E-state index contributed by atoms with van der Waals surface area (Å²) in [6, 6.07) is 17.9. The predicted octanol–water partition coefficient (Wildman–Crippen LogP) is 4.06. The van der Waals surface area contributed by atoms with E-state index in [1.165, 1.54) is 17.4 Å². The largest absolute Gasteiger partial charge is 0.368 e. The minimum Gasteiger partial charge on any atom is -0.368 e. The first-order chi connectivity index (χ1) is 14.7. The average Bonchev–Trinajstić information content (AvgIpc) is 3.21. The molecule has 30 heavy (non-hydrogen) atoms. The second kappa shape index (κ2) is 9.53. The molecule has 1 fully saturated rings. The predicted molar refractivity (Wildman–Crippen MR) is 122 cm³/mol. The van der Waals surface area contributed by atoms with Crippen molar-refractivity contribution in [1.29, 1.82) is 0 Å². The van der Waals surface area contributed by atoms with Gasteiger partial charge in [0.25, 0.3) is 0 Å². The van der Waals surface area contributed by atoms with Crippen molar-refractivity contribution in [2.45, 2.75) is 18.6 Å². The first-order valence-electron chi connectivity index (χ1n) is 10.1. The van der Waals surface area contributed by atoms with Crippen molar-refractivity contribution in [2.24, 2.45) is 0 Å². The second-order valence-corrected chi connectivity index (χ2v) is 8.43. The first kappa shape index (κ1) is 20.8. The molecule has 0 bridgehead atoms. The normalized spacial score (nSPS) is 14.2. The monoisotopic (exact) mass is 441 g/mol. The molecule has 0 spiro atoms. The molecule has 1 amide bonds. The molecule has 0 N–H and O–H groups in total. The second-order valence-electron chi connectivity index (χ2n) is 7.05. The van der Waals surface area contributed by atoms with E-state index in [0.717, 1.165) is 49.3 Å². The van der Waals surface area contributed by atoms with Crippen LogP contribution in [0.5, 0.6) is 0 Å². The molecule has 6 nitrogen and oxygen atoms in total. The lowest BCUT2D eigenvalue weighted by atomic mass is 10.2. The average molecular weight is 442 g/mol. The van der Waals surface area contributed by atoms with Crippen molar-refractivity contribution in [1.82, 2.24) is 19.7 Å². The van der Waals surface area contributed by atoms with E-state index < -0.39 is 0 Å². The highest BCUT2D eigenvalue weighted by molar-refractivity contribution is 7.99. The number of halogens is 1. The number of nitrogens with zero attached hydrogens (tertiary/aromatic N) is 5. The number of rotatable bonds is 6. The number of amides is 1. The van der Waals surface area contributed by atoms with Gasteiger partial charge in [-0.05, 0) is 43.3 Å². The summed E-state index contributed by atoms with van der Waals surface area (Å²) in [7, 11) is 0. The molecular formula is C22H24ClN5OS. The van der Waals surface area contributed by atoms with Crippen LogP contribution in [0, 0.1) is 0 Å². The van der Waals surface area contributed by atoms with Crippen LogP contribution < -0.4 is 4.90 Å². The number of carbonyl (C=O) groups excluding carboxylic acids is 1. The summed E-state index contributed by atoms with van der Waals surface area (Å²) in [6.07, 6.45) is 0. The number of para-hydroxylation sites is 1. The molecule has 1 saturated heterocycles. The summed E-state index contributed by atoms with van der Waals surface area (Å²) in [5.74, 6) is 1.30. The quantitative estimate of drug-likeness (QED) is 0.540. The van der Waals surface area contributed by atoms with Crippen LogP contribution in [-0.4, -0.2) is 57.5 Å². The number of hydrogen-bond donors (Lipinski definition) is 0. The lowest BCUT2D eigenvalue weighted by molar-refractivity contribution is -0.128. The maximum atomic E-state index is 12.7. The fourth-order valence-electron chi connectivity index (χ4n) is 3.56. The summed E-state index contributed by atoms with van der Waals surface area (Å²) < 4.78 is 2.04. The van der Waals surface area contributed by atoms with Crippen LogP contribution in [0.4, 0.5) is 5.69 Å². The Bertz CT molecular complexity index is 985. The van der Waals surface area contributed by atoms with Gasteiger partial charge >= 0.3 is 0 Å². The zero-order chi connectivity index (χ0) is 20.9. The van der Waals surface area contributed by atoms with Crippen LogP contribution in [0.1, 0.15) is 6.92 Å². The number of aromatic nitrogens is 3. The molecule has 4 rings (SSSR count). The Kier molecular flexibility index (Phi) is 6.59. The van der Waals surface area contributed by atoms with Gasteiger partial charge in [0.2, 0.25) is 5.91 Å². The Morgan fingerprint density at radius 1 is 1.00 bits per heavy atom. The molecule has 8 heteroatoms.